The van der Waals surface area contributed by atoms with Crippen molar-refractivity contribution in [1.29, 1.82) is 0 Å². The zero-order valence-electron chi connectivity index (χ0n) is 13.4. The van der Waals surface area contributed by atoms with Crippen LogP contribution in [0, 0.1) is 0 Å². The lowest BCUT2D eigenvalue weighted by molar-refractivity contribution is -0.137. The normalized spacial score (nSPS) is 18.0. The molecule has 2 aliphatic heterocycles. The molecule has 3 rings (SSSR count). The maximum atomic E-state index is 12.4. The zero-order valence-corrected chi connectivity index (χ0v) is 15.0. The van der Waals surface area contributed by atoms with Gasteiger partial charge < -0.3 is 14.6 Å². The number of carbonyl (C=O) groups excluding carboxylic acids is 1. The third-order valence-corrected chi connectivity index (χ3v) is 5.07. The minimum atomic E-state index is -0.964. The molecule has 130 valence electrons. The molecule has 0 unspecified atom stereocenters. The Morgan fingerprint density at radius 1 is 1.52 bits per heavy atom. The van der Waals surface area contributed by atoms with Crippen LogP contribution >= 0.6 is 24.0 Å². The quantitative estimate of drug-likeness (QED) is 0.624. The van der Waals surface area contributed by atoms with Gasteiger partial charge in [-0.15, -0.1) is 0 Å². The van der Waals surface area contributed by atoms with Crippen LogP contribution in [0.5, 0.6) is 11.5 Å². The van der Waals surface area contributed by atoms with Gasteiger partial charge in [-0.05, 0) is 29.9 Å². The van der Waals surface area contributed by atoms with Gasteiger partial charge >= 0.3 is 5.97 Å². The lowest BCUT2D eigenvalue weighted by Crippen LogP contribution is -2.30. The van der Waals surface area contributed by atoms with Crippen LogP contribution in [0.25, 0.3) is 6.08 Å². The van der Waals surface area contributed by atoms with Gasteiger partial charge in [0.15, 0.2) is 0 Å². The molecular formula is C17H15NO5S2. The van der Waals surface area contributed by atoms with Crippen molar-refractivity contribution in [2.24, 2.45) is 0 Å². The van der Waals surface area contributed by atoms with Gasteiger partial charge in [0.2, 0.25) is 0 Å². The maximum Gasteiger partial charge on any atom is 0.305 e. The third-order valence-electron chi connectivity index (χ3n) is 3.70. The molecule has 2 aliphatic rings. The molecule has 1 fully saturated rings. The van der Waals surface area contributed by atoms with Crippen LogP contribution < -0.4 is 9.47 Å². The number of methoxy groups -OCH3 is 1. The first kappa shape index (κ1) is 17.5. The molecule has 0 spiro atoms. The Kier molecular flexibility index (Phi) is 5.10. The van der Waals surface area contributed by atoms with Gasteiger partial charge in [0, 0.05) is 18.2 Å². The Balaban J connectivity index is 1.79. The molecule has 1 aromatic rings. The number of benzene rings is 1. The molecule has 0 saturated carbocycles. The minimum Gasteiger partial charge on any atom is -0.497 e. The van der Waals surface area contributed by atoms with Gasteiger partial charge in [0.05, 0.1) is 18.4 Å². The number of amides is 1. The number of nitrogens with zero attached hydrogens (tertiary/aromatic N) is 1. The fourth-order valence-electron chi connectivity index (χ4n) is 2.44. The van der Waals surface area contributed by atoms with Crippen LogP contribution in [-0.4, -0.2) is 46.5 Å². The number of ether oxygens (including phenoxy) is 2. The predicted octanol–water partition coefficient (Wildman–Crippen LogP) is 2.69. The van der Waals surface area contributed by atoms with E-state index in [0.29, 0.717) is 15.8 Å². The molecule has 6 nitrogen and oxygen atoms in total. The average molecular weight is 377 g/mol. The van der Waals surface area contributed by atoms with E-state index in [1.54, 1.807) is 13.2 Å². The van der Waals surface area contributed by atoms with Crippen LogP contribution in [-0.2, 0) is 9.59 Å². The molecule has 1 aromatic carbocycles. The molecule has 0 bridgehead atoms. The fourth-order valence-corrected chi connectivity index (χ4v) is 3.76. The van der Waals surface area contributed by atoms with Crippen LogP contribution in [0.3, 0.4) is 0 Å². The van der Waals surface area contributed by atoms with E-state index in [1.807, 2.05) is 24.3 Å². The molecule has 2 heterocycles. The zero-order chi connectivity index (χ0) is 18.0. The first-order chi connectivity index (χ1) is 12.0. The minimum absolute atomic E-state index is 0.0789. The van der Waals surface area contributed by atoms with Gasteiger partial charge in [-0.25, -0.2) is 0 Å². The summed E-state index contributed by atoms with van der Waals surface area (Å²) >= 11 is 6.35. The number of rotatable bonds is 5. The van der Waals surface area contributed by atoms with Gasteiger partial charge in [0.1, 0.15) is 22.4 Å². The summed E-state index contributed by atoms with van der Waals surface area (Å²) in [6.07, 6.45) is 3.55. The van der Waals surface area contributed by atoms with Crippen molar-refractivity contribution in [2.75, 3.05) is 20.3 Å². The lowest BCUT2D eigenvalue weighted by atomic mass is 10.1. The lowest BCUT2D eigenvalue weighted by Gasteiger charge is -2.17. The van der Waals surface area contributed by atoms with Crippen molar-refractivity contribution < 1.29 is 24.2 Å². The maximum absolute atomic E-state index is 12.4. The molecule has 0 radical (unpaired) electrons. The van der Waals surface area contributed by atoms with Gasteiger partial charge in [-0.2, -0.15) is 0 Å². The van der Waals surface area contributed by atoms with Crippen molar-refractivity contribution in [3.8, 4) is 11.5 Å². The van der Waals surface area contributed by atoms with Crippen LogP contribution in [0.4, 0.5) is 0 Å². The number of carbonyl (C=O) groups is 2. The Morgan fingerprint density at radius 3 is 3.04 bits per heavy atom. The van der Waals surface area contributed by atoms with Crippen molar-refractivity contribution in [3.63, 3.8) is 0 Å². The summed E-state index contributed by atoms with van der Waals surface area (Å²) in [5, 5.41) is 8.77. The Hall–Kier alpha value is -2.32. The second-order valence-corrected chi connectivity index (χ2v) is 7.06. The smallest absolute Gasteiger partial charge is 0.305 e. The van der Waals surface area contributed by atoms with Crippen molar-refractivity contribution in [2.45, 2.75) is 6.42 Å². The van der Waals surface area contributed by atoms with Gasteiger partial charge in [0.25, 0.3) is 5.91 Å². The van der Waals surface area contributed by atoms with Crippen LogP contribution in [0.1, 0.15) is 12.0 Å². The van der Waals surface area contributed by atoms with Crippen molar-refractivity contribution in [1.82, 2.24) is 4.90 Å². The number of carboxylic acids is 1. The van der Waals surface area contributed by atoms with E-state index < -0.39 is 5.97 Å². The first-order valence-electron chi connectivity index (χ1n) is 7.46. The average Bonchev–Trinajstić information content (AvgIpc) is 2.86. The highest BCUT2D eigenvalue weighted by atomic mass is 32.2. The summed E-state index contributed by atoms with van der Waals surface area (Å²) in [6, 6.07) is 5.54. The molecular weight excluding hydrogens is 362 g/mol. The summed E-state index contributed by atoms with van der Waals surface area (Å²) in [5.41, 5.74) is 1.75. The summed E-state index contributed by atoms with van der Waals surface area (Å²) in [5.74, 6) is 0.214. The number of hydrogen-bond acceptors (Lipinski definition) is 6. The largest absolute Gasteiger partial charge is 0.497 e. The Morgan fingerprint density at radius 2 is 2.32 bits per heavy atom. The summed E-state index contributed by atoms with van der Waals surface area (Å²) in [7, 11) is 1.60. The molecule has 1 amide bonds. The predicted molar refractivity (Wildman–Crippen MR) is 98.7 cm³/mol. The highest BCUT2D eigenvalue weighted by molar-refractivity contribution is 8.26. The SMILES string of the molecule is COc1ccc2c(c1)OCC(/C=C1\SC(=S)N(CCC(=O)O)C1=O)=C2. The van der Waals surface area contributed by atoms with E-state index in [0.717, 1.165) is 22.6 Å². The third kappa shape index (κ3) is 3.85. The van der Waals surface area contributed by atoms with E-state index in [1.165, 1.54) is 16.7 Å². The Bertz CT molecular complexity index is 815. The van der Waals surface area contributed by atoms with E-state index >= 15 is 0 Å². The van der Waals surface area contributed by atoms with Crippen molar-refractivity contribution >= 4 is 46.3 Å². The van der Waals surface area contributed by atoms with E-state index in [-0.39, 0.29) is 18.9 Å². The topological polar surface area (TPSA) is 76.1 Å². The number of aliphatic carboxylic acids is 1. The molecule has 8 heteroatoms. The molecule has 1 saturated heterocycles. The molecule has 0 aliphatic carbocycles. The number of thioether (sulfide) groups is 1. The molecule has 0 atom stereocenters. The fraction of sp³-hybridized carbons (Fsp3) is 0.235. The highest BCUT2D eigenvalue weighted by Gasteiger charge is 2.32. The monoisotopic (exact) mass is 377 g/mol. The van der Waals surface area contributed by atoms with E-state index in [4.69, 9.17) is 26.8 Å². The van der Waals surface area contributed by atoms with Gasteiger partial charge in [-0.3, -0.25) is 14.5 Å². The number of hydrogen-bond donors (Lipinski definition) is 1. The second kappa shape index (κ2) is 7.28. The second-order valence-electron chi connectivity index (χ2n) is 5.39. The van der Waals surface area contributed by atoms with Crippen LogP contribution in [0.15, 0.2) is 34.8 Å². The van der Waals surface area contributed by atoms with Gasteiger partial charge in [-0.1, -0.05) is 24.0 Å². The van der Waals surface area contributed by atoms with Crippen molar-refractivity contribution in [3.05, 3.63) is 40.3 Å². The molecule has 0 aromatic heterocycles. The van der Waals surface area contributed by atoms with E-state index in [9.17, 15) is 9.59 Å². The number of carboxylic acid groups (broad SMARTS) is 1. The van der Waals surface area contributed by atoms with Crippen LogP contribution in [0.2, 0.25) is 0 Å². The summed E-state index contributed by atoms with van der Waals surface area (Å²) in [6.45, 7) is 0.412. The molecule has 25 heavy (non-hydrogen) atoms. The van der Waals surface area contributed by atoms with E-state index in [2.05, 4.69) is 0 Å². The Labute approximate surface area is 154 Å². The highest BCUT2D eigenvalue weighted by Crippen LogP contribution is 2.35. The summed E-state index contributed by atoms with van der Waals surface area (Å²) in [4.78, 5) is 24.9. The first-order valence-corrected chi connectivity index (χ1v) is 8.69. The number of fused-ring (bicyclic) bond motifs is 1. The standard InChI is InChI=1S/C17H15NO5S2/c1-22-12-3-2-11-6-10(9-23-13(11)8-12)7-14-16(21)18(17(24)25-14)5-4-15(19)20/h2-3,6-8H,4-5,9H2,1H3,(H,19,20)/b14-7-. The summed E-state index contributed by atoms with van der Waals surface area (Å²) < 4.78 is 11.3. The number of thiocarbonyl (C=S) groups is 1. The molecule has 1 N–H and O–H groups in total.